The fourth-order valence-electron chi connectivity index (χ4n) is 2.91. The average molecular weight is 435 g/mol. The summed E-state index contributed by atoms with van der Waals surface area (Å²) in [5.41, 5.74) is 10.2. The zero-order valence-electron chi connectivity index (χ0n) is 17.4. The van der Waals surface area contributed by atoms with Crippen LogP contribution in [0.25, 0.3) is 16.5 Å². The van der Waals surface area contributed by atoms with Gasteiger partial charge in [0.2, 0.25) is 11.8 Å². The zero-order valence-corrected chi connectivity index (χ0v) is 18.2. The number of thiophene rings is 1. The summed E-state index contributed by atoms with van der Waals surface area (Å²) in [6, 6.07) is 17.6. The second kappa shape index (κ2) is 11.1. The molecule has 3 aromatic rings. The minimum absolute atomic E-state index is 0.0279. The van der Waals surface area contributed by atoms with E-state index < -0.39 is 0 Å². The lowest BCUT2D eigenvalue weighted by Crippen LogP contribution is -2.29. The molecule has 1 aromatic heterocycles. The lowest BCUT2D eigenvalue weighted by Gasteiger charge is -2.08. The molecule has 0 aliphatic rings. The number of benzene rings is 2. The largest absolute Gasteiger partial charge is 0.397 e. The molecule has 7 heteroatoms. The van der Waals surface area contributed by atoms with Crippen LogP contribution in [0.4, 0.5) is 11.4 Å². The van der Waals surface area contributed by atoms with Gasteiger partial charge in [-0.25, -0.2) is 0 Å². The van der Waals surface area contributed by atoms with Crippen LogP contribution in [0.15, 0.2) is 66.1 Å². The number of carbonyl (C=O) groups is 2. The second-order valence-electron chi connectivity index (χ2n) is 7.00. The molecule has 0 fully saturated rings. The summed E-state index contributed by atoms with van der Waals surface area (Å²) in [7, 11) is 0. The molecule has 160 valence electrons. The highest BCUT2D eigenvalue weighted by molar-refractivity contribution is 7.13. The van der Waals surface area contributed by atoms with E-state index in [0.29, 0.717) is 31.0 Å². The van der Waals surface area contributed by atoms with Crippen LogP contribution in [-0.2, 0) is 16.1 Å². The van der Waals surface area contributed by atoms with Gasteiger partial charge in [0.1, 0.15) is 0 Å². The Kier molecular flexibility index (Phi) is 7.98. The maximum Gasteiger partial charge on any atom is 0.248 e. The van der Waals surface area contributed by atoms with E-state index >= 15 is 0 Å². The van der Waals surface area contributed by atoms with Crippen molar-refractivity contribution in [2.24, 2.45) is 0 Å². The van der Waals surface area contributed by atoms with Crippen LogP contribution in [-0.4, -0.2) is 24.9 Å². The Balaban J connectivity index is 1.52. The number of hydrogen-bond donors (Lipinski definition) is 4. The highest BCUT2D eigenvalue weighted by Gasteiger charge is 2.06. The molecule has 3 rings (SSSR count). The molecule has 0 aliphatic carbocycles. The number of anilines is 2. The molecule has 0 atom stereocenters. The van der Waals surface area contributed by atoms with E-state index in [1.165, 1.54) is 13.0 Å². The van der Waals surface area contributed by atoms with Crippen LogP contribution < -0.4 is 21.7 Å². The summed E-state index contributed by atoms with van der Waals surface area (Å²) >= 11 is 1.64. The molecule has 5 N–H and O–H groups in total. The average Bonchev–Trinajstić information content (AvgIpc) is 3.29. The molecule has 0 radical (unpaired) electrons. The van der Waals surface area contributed by atoms with E-state index in [-0.39, 0.29) is 11.8 Å². The van der Waals surface area contributed by atoms with Crippen LogP contribution in [0.2, 0.25) is 0 Å². The van der Waals surface area contributed by atoms with E-state index in [1.807, 2.05) is 53.9 Å². The number of nitrogens with one attached hydrogen (secondary N) is 3. The molecular formula is C24H26N4O2S. The Bertz CT molecular complexity index is 1040. The Morgan fingerprint density at radius 2 is 1.87 bits per heavy atom. The van der Waals surface area contributed by atoms with Crippen molar-refractivity contribution >= 4 is 40.6 Å². The van der Waals surface area contributed by atoms with Crippen LogP contribution in [0.3, 0.4) is 0 Å². The van der Waals surface area contributed by atoms with Crippen molar-refractivity contribution in [3.63, 3.8) is 0 Å². The van der Waals surface area contributed by atoms with Crippen LogP contribution in [0.5, 0.6) is 0 Å². The minimum atomic E-state index is -0.237. The predicted octanol–water partition coefficient (Wildman–Crippen LogP) is 3.87. The third kappa shape index (κ3) is 7.09. The van der Waals surface area contributed by atoms with Crippen LogP contribution >= 0.6 is 11.3 Å². The molecule has 0 saturated heterocycles. The first-order chi connectivity index (χ1) is 15.0. The fraction of sp³-hybridized carbons (Fsp3) is 0.167. The first-order valence-corrected chi connectivity index (χ1v) is 10.9. The molecule has 6 nitrogen and oxygen atoms in total. The van der Waals surface area contributed by atoms with Gasteiger partial charge >= 0.3 is 0 Å². The van der Waals surface area contributed by atoms with Crippen molar-refractivity contribution in [3.05, 3.63) is 77.2 Å². The molecule has 1 heterocycles. The Labute approximate surface area is 186 Å². The van der Waals surface area contributed by atoms with Crippen LogP contribution in [0.1, 0.15) is 18.1 Å². The minimum Gasteiger partial charge on any atom is -0.397 e. The number of carbonyl (C=O) groups excluding carboxylic acids is 2. The van der Waals surface area contributed by atoms with Crippen molar-refractivity contribution in [3.8, 4) is 10.4 Å². The molecule has 0 spiro atoms. The summed E-state index contributed by atoms with van der Waals surface area (Å²) < 4.78 is 0. The van der Waals surface area contributed by atoms with Gasteiger partial charge in [0, 0.05) is 37.5 Å². The van der Waals surface area contributed by atoms with Gasteiger partial charge in [0.25, 0.3) is 0 Å². The molecule has 2 amide bonds. The van der Waals surface area contributed by atoms with Gasteiger partial charge in [-0.15, -0.1) is 11.3 Å². The van der Waals surface area contributed by atoms with Gasteiger partial charge in [-0.05, 0) is 46.3 Å². The highest BCUT2D eigenvalue weighted by atomic mass is 32.1. The number of nitrogens with two attached hydrogens (primary N) is 1. The SMILES string of the molecule is CC(=O)NCCNCc1ccc(C=CC(=O)Nc2cc(-c3cccs3)ccc2N)cc1. The number of hydrogen-bond acceptors (Lipinski definition) is 5. The lowest BCUT2D eigenvalue weighted by molar-refractivity contribution is -0.119. The summed E-state index contributed by atoms with van der Waals surface area (Å²) in [4.78, 5) is 24.3. The van der Waals surface area contributed by atoms with Gasteiger partial charge in [-0.1, -0.05) is 36.4 Å². The molecule has 0 bridgehead atoms. The topological polar surface area (TPSA) is 96.2 Å². The van der Waals surface area contributed by atoms with Crippen LogP contribution in [0, 0.1) is 0 Å². The van der Waals surface area contributed by atoms with E-state index in [4.69, 9.17) is 5.73 Å². The van der Waals surface area contributed by atoms with Gasteiger partial charge in [-0.3, -0.25) is 9.59 Å². The number of amides is 2. The van der Waals surface area contributed by atoms with Gasteiger partial charge in [0.05, 0.1) is 11.4 Å². The second-order valence-corrected chi connectivity index (χ2v) is 7.95. The summed E-state index contributed by atoms with van der Waals surface area (Å²) in [5.74, 6) is -0.265. The number of nitrogen functional groups attached to an aromatic ring is 1. The maximum absolute atomic E-state index is 12.4. The summed E-state index contributed by atoms with van der Waals surface area (Å²) in [6.07, 6.45) is 3.26. The van der Waals surface area contributed by atoms with Crippen molar-refractivity contribution in [2.45, 2.75) is 13.5 Å². The Morgan fingerprint density at radius 1 is 1.06 bits per heavy atom. The quantitative estimate of drug-likeness (QED) is 0.233. The van der Waals surface area contributed by atoms with E-state index in [1.54, 1.807) is 23.5 Å². The molecule has 2 aromatic carbocycles. The van der Waals surface area contributed by atoms with Crippen molar-refractivity contribution in [1.29, 1.82) is 0 Å². The monoisotopic (exact) mass is 434 g/mol. The van der Waals surface area contributed by atoms with E-state index in [2.05, 4.69) is 16.0 Å². The molecule has 0 unspecified atom stereocenters. The Morgan fingerprint density at radius 3 is 2.58 bits per heavy atom. The summed E-state index contributed by atoms with van der Waals surface area (Å²) in [6.45, 7) is 3.53. The van der Waals surface area contributed by atoms with Crippen molar-refractivity contribution in [2.75, 3.05) is 24.1 Å². The highest BCUT2D eigenvalue weighted by Crippen LogP contribution is 2.30. The predicted molar refractivity (Wildman–Crippen MR) is 129 cm³/mol. The smallest absolute Gasteiger partial charge is 0.248 e. The first kappa shape index (κ1) is 22.3. The standard InChI is InChI=1S/C24H26N4O2S/c1-17(29)27-13-12-26-16-19-6-4-18(5-7-19)8-11-24(30)28-22-15-20(9-10-21(22)25)23-3-2-14-31-23/h2-11,14-15,26H,12-13,16,25H2,1H3,(H,27,29)(H,28,30). The van der Waals surface area contributed by atoms with E-state index in [0.717, 1.165) is 21.6 Å². The third-order valence-corrected chi connectivity index (χ3v) is 5.45. The normalized spacial score (nSPS) is 10.9. The van der Waals surface area contributed by atoms with Crippen molar-refractivity contribution in [1.82, 2.24) is 10.6 Å². The van der Waals surface area contributed by atoms with Gasteiger partial charge < -0.3 is 21.7 Å². The zero-order chi connectivity index (χ0) is 22.1. The Hall–Kier alpha value is -3.42. The summed E-state index contributed by atoms with van der Waals surface area (Å²) in [5, 5.41) is 10.9. The molecular weight excluding hydrogens is 408 g/mol. The van der Waals surface area contributed by atoms with E-state index in [9.17, 15) is 9.59 Å². The number of rotatable bonds is 9. The van der Waals surface area contributed by atoms with Crippen molar-refractivity contribution < 1.29 is 9.59 Å². The lowest BCUT2D eigenvalue weighted by atomic mass is 10.1. The first-order valence-electron chi connectivity index (χ1n) is 9.98. The van der Waals surface area contributed by atoms with Gasteiger partial charge in [-0.2, -0.15) is 0 Å². The molecule has 31 heavy (non-hydrogen) atoms. The molecule has 0 saturated carbocycles. The fourth-order valence-corrected chi connectivity index (χ4v) is 3.64. The molecule has 0 aliphatic heterocycles. The van der Waals surface area contributed by atoms with Gasteiger partial charge in [0.15, 0.2) is 0 Å². The maximum atomic E-state index is 12.4. The third-order valence-electron chi connectivity index (χ3n) is 4.53.